The summed E-state index contributed by atoms with van der Waals surface area (Å²) in [7, 11) is 0. The van der Waals surface area contributed by atoms with Gasteiger partial charge in [-0.2, -0.15) is 0 Å². The molecule has 0 atom stereocenters. The standard InChI is InChI=1S/C11H19NS/c1-2-3-7-11(12-10-13)8-5-4-6-9-11/h2-9H2,1H3. The summed E-state index contributed by atoms with van der Waals surface area (Å²) < 4.78 is 0. The molecular weight excluding hydrogens is 178 g/mol. The zero-order chi connectivity index (χ0) is 9.57. The van der Waals surface area contributed by atoms with E-state index in [0.29, 0.717) is 0 Å². The molecule has 74 valence electrons. The van der Waals surface area contributed by atoms with Crippen LogP contribution in [0.25, 0.3) is 0 Å². The van der Waals surface area contributed by atoms with Crippen molar-refractivity contribution in [2.45, 2.75) is 63.8 Å². The summed E-state index contributed by atoms with van der Waals surface area (Å²) in [5, 5.41) is 2.60. The molecule has 0 saturated heterocycles. The van der Waals surface area contributed by atoms with Crippen LogP contribution in [0.1, 0.15) is 58.3 Å². The highest BCUT2D eigenvalue weighted by Gasteiger charge is 2.30. The highest BCUT2D eigenvalue weighted by atomic mass is 32.1. The van der Waals surface area contributed by atoms with Crippen molar-refractivity contribution < 1.29 is 0 Å². The summed E-state index contributed by atoms with van der Waals surface area (Å²) >= 11 is 4.74. The number of hydrogen-bond donors (Lipinski definition) is 0. The monoisotopic (exact) mass is 197 g/mol. The van der Waals surface area contributed by atoms with E-state index >= 15 is 0 Å². The van der Waals surface area contributed by atoms with Gasteiger partial charge >= 0.3 is 0 Å². The first-order valence-corrected chi connectivity index (χ1v) is 5.83. The van der Waals surface area contributed by atoms with Crippen LogP contribution in [0.15, 0.2) is 4.99 Å². The lowest BCUT2D eigenvalue weighted by atomic mass is 9.79. The minimum Gasteiger partial charge on any atom is -0.226 e. The number of aliphatic imine (C=N–C) groups is 1. The van der Waals surface area contributed by atoms with Crippen LogP contribution in [0.3, 0.4) is 0 Å². The number of rotatable bonds is 4. The Morgan fingerprint density at radius 3 is 2.54 bits per heavy atom. The fourth-order valence-electron chi connectivity index (χ4n) is 2.23. The Morgan fingerprint density at radius 2 is 2.00 bits per heavy atom. The highest BCUT2D eigenvalue weighted by Crippen LogP contribution is 2.35. The van der Waals surface area contributed by atoms with Gasteiger partial charge in [0, 0.05) is 0 Å². The van der Waals surface area contributed by atoms with Crippen LogP contribution in [0.4, 0.5) is 0 Å². The molecule has 1 fully saturated rings. The molecule has 0 spiro atoms. The largest absolute Gasteiger partial charge is 0.226 e. The van der Waals surface area contributed by atoms with Crippen LogP contribution in [0.5, 0.6) is 0 Å². The van der Waals surface area contributed by atoms with E-state index in [9.17, 15) is 0 Å². The molecule has 2 heteroatoms. The van der Waals surface area contributed by atoms with Crippen molar-refractivity contribution in [3.05, 3.63) is 0 Å². The third kappa shape index (κ3) is 3.21. The van der Waals surface area contributed by atoms with E-state index in [1.165, 1.54) is 51.4 Å². The molecule has 0 aliphatic heterocycles. The van der Waals surface area contributed by atoms with Gasteiger partial charge in [0.2, 0.25) is 0 Å². The van der Waals surface area contributed by atoms with Crippen molar-refractivity contribution >= 4 is 17.4 Å². The number of thiocarbonyl (C=S) groups is 1. The first kappa shape index (κ1) is 10.9. The molecule has 13 heavy (non-hydrogen) atoms. The summed E-state index contributed by atoms with van der Waals surface area (Å²) in [5.41, 5.74) is 0.190. The normalized spacial score (nSPS) is 20.7. The Bertz CT molecular complexity index is 188. The Labute approximate surface area is 86.6 Å². The third-order valence-corrected chi connectivity index (χ3v) is 3.15. The van der Waals surface area contributed by atoms with E-state index in [1.54, 1.807) is 0 Å². The zero-order valence-electron chi connectivity index (χ0n) is 8.51. The molecule has 0 aromatic heterocycles. The SMILES string of the molecule is CCCCC1(N=C=S)CCCCC1. The Morgan fingerprint density at radius 1 is 1.31 bits per heavy atom. The molecule has 1 nitrogen and oxygen atoms in total. The number of hydrogen-bond acceptors (Lipinski definition) is 2. The van der Waals surface area contributed by atoms with Crippen molar-refractivity contribution in [2.75, 3.05) is 0 Å². The van der Waals surface area contributed by atoms with Gasteiger partial charge in [-0.25, -0.2) is 4.99 Å². The van der Waals surface area contributed by atoms with Crippen LogP contribution in [0, 0.1) is 0 Å². The molecule has 1 saturated carbocycles. The topological polar surface area (TPSA) is 12.4 Å². The van der Waals surface area contributed by atoms with E-state index in [4.69, 9.17) is 12.2 Å². The summed E-state index contributed by atoms with van der Waals surface area (Å²) in [6.07, 6.45) is 10.2. The molecule has 1 aliphatic rings. The van der Waals surface area contributed by atoms with Gasteiger partial charge in [0.15, 0.2) is 0 Å². The molecule has 0 N–H and O–H groups in total. The molecule has 0 bridgehead atoms. The van der Waals surface area contributed by atoms with Gasteiger partial charge in [-0.15, -0.1) is 0 Å². The molecule has 0 heterocycles. The van der Waals surface area contributed by atoms with Crippen LogP contribution < -0.4 is 0 Å². The molecule has 0 unspecified atom stereocenters. The second-order valence-corrected chi connectivity index (χ2v) is 4.27. The lowest BCUT2D eigenvalue weighted by Gasteiger charge is -2.32. The van der Waals surface area contributed by atoms with Crippen LogP contribution in [0.2, 0.25) is 0 Å². The van der Waals surface area contributed by atoms with Crippen LogP contribution in [-0.4, -0.2) is 10.7 Å². The summed E-state index contributed by atoms with van der Waals surface area (Å²) in [6.45, 7) is 2.23. The van der Waals surface area contributed by atoms with Crippen molar-refractivity contribution in [2.24, 2.45) is 4.99 Å². The second-order valence-electron chi connectivity index (χ2n) is 4.09. The van der Waals surface area contributed by atoms with Gasteiger partial charge in [-0.3, -0.25) is 0 Å². The van der Waals surface area contributed by atoms with Gasteiger partial charge in [0.05, 0.1) is 10.7 Å². The average molecular weight is 197 g/mol. The molecule has 0 amide bonds. The predicted molar refractivity (Wildman–Crippen MR) is 60.4 cm³/mol. The first-order chi connectivity index (χ1) is 6.33. The van der Waals surface area contributed by atoms with E-state index in [1.807, 2.05) is 0 Å². The number of isothiocyanates is 1. The summed E-state index contributed by atoms with van der Waals surface area (Å²) in [4.78, 5) is 4.42. The van der Waals surface area contributed by atoms with Crippen LogP contribution in [-0.2, 0) is 0 Å². The minimum absolute atomic E-state index is 0.190. The van der Waals surface area contributed by atoms with E-state index in [-0.39, 0.29) is 5.54 Å². The smallest absolute Gasteiger partial charge is 0.0711 e. The molecule has 0 aromatic rings. The first-order valence-electron chi connectivity index (χ1n) is 5.42. The highest BCUT2D eigenvalue weighted by molar-refractivity contribution is 7.78. The summed E-state index contributed by atoms with van der Waals surface area (Å²) in [6, 6.07) is 0. The van der Waals surface area contributed by atoms with Crippen LogP contribution >= 0.6 is 12.2 Å². The van der Waals surface area contributed by atoms with Crippen molar-refractivity contribution in [1.29, 1.82) is 0 Å². The average Bonchev–Trinajstić information content (AvgIpc) is 2.17. The van der Waals surface area contributed by atoms with Crippen molar-refractivity contribution in [1.82, 2.24) is 0 Å². The Hall–Kier alpha value is -0.200. The molecule has 1 aliphatic carbocycles. The minimum atomic E-state index is 0.190. The maximum atomic E-state index is 4.74. The maximum absolute atomic E-state index is 4.74. The lowest BCUT2D eigenvalue weighted by Crippen LogP contribution is -2.29. The molecule has 0 aromatic carbocycles. The van der Waals surface area contributed by atoms with Gasteiger partial charge < -0.3 is 0 Å². The fraction of sp³-hybridized carbons (Fsp3) is 0.909. The maximum Gasteiger partial charge on any atom is 0.0711 e. The fourth-order valence-corrected chi connectivity index (χ4v) is 2.42. The molecule has 0 radical (unpaired) electrons. The number of nitrogens with zero attached hydrogens (tertiary/aromatic N) is 1. The van der Waals surface area contributed by atoms with E-state index in [2.05, 4.69) is 17.1 Å². The molecular formula is C11H19NS. The quantitative estimate of drug-likeness (QED) is 0.490. The lowest BCUT2D eigenvalue weighted by molar-refractivity contribution is 0.276. The summed E-state index contributed by atoms with van der Waals surface area (Å²) in [5.74, 6) is 0. The predicted octanol–water partition coefficient (Wildman–Crippen LogP) is 3.98. The Kier molecular flexibility index (Phi) is 4.61. The zero-order valence-corrected chi connectivity index (χ0v) is 9.33. The third-order valence-electron chi connectivity index (χ3n) is 3.06. The Balaban J connectivity index is 2.55. The van der Waals surface area contributed by atoms with E-state index < -0.39 is 0 Å². The number of unbranched alkanes of at least 4 members (excludes halogenated alkanes) is 1. The van der Waals surface area contributed by atoms with Gasteiger partial charge in [-0.1, -0.05) is 39.0 Å². The molecule has 1 rings (SSSR count). The van der Waals surface area contributed by atoms with Gasteiger partial charge in [0.25, 0.3) is 0 Å². The van der Waals surface area contributed by atoms with Crippen molar-refractivity contribution in [3.63, 3.8) is 0 Å². The second kappa shape index (κ2) is 5.51. The van der Waals surface area contributed by atoms with Gasteiger partial charge in [-0.05, 0) is 31.5 Å². The van der Waals surface area contributed by atoms with Gasteiger partial charge in [0.1, 0.15) is 0 Å². The van der Waals surface area contributed by atoms with E-state index in [0.717, 1.165) is 0 Å². The van der Waals surface area contributed by atoms with Crippen molar-refractivity contribution in [3.8, 4) is 0 Å².